The van der Waals surface area contributed by atoms with Crippen LogP contribution in [-0.4, -0.2) is 51.8 Å². The van der Waals surface area contributed by atoms with Crippen LogP contribution in [0.2, 0.25) is 10.0 Å². The van der Waals surface area contributed by atoms with Crippen molar-refractivity contribution in [2.75, 3.05) is 13.1 Å². The van der Waals surface area contributed by atoms with Crippen molar-refractivity contribution in [2.24, 2.45) is 0 Å². The van der Waals surface area contributed by atoms with Crippen LogP contribution in [-0.2, 0) is 9.53 Å². The highest BCUT2D eigenvalue weighted by Gasteiger charge is 2.29. The largest absolute Gasteiger partial charge is 0.372 e. The highest BCUT2D eigenvalue weighted by atomic mass is 35.5. The molecule has 0 aliphatic carbocycles. The predicted octanol–water partition coefficient (Wildman–Crippen LogP) is 6.31. The number of hydrogen-bond acceptors (Lipinski definition) is 5. The maximum atomic E-state index is 13.9. The Balaban J connectivity index is 1.58. The number of carbonyl (C=O) groups excluding carboxylic acids is 2. The fourth-order valence-electron chi connectivity index (χ4n) is 4.49. The van der Waals surface area contributed by atoms with E-state index in [-0.39, 0.29) is 34.4 Å². The lowest BCUT2D eigenvalue weighted by atomic mass is 10.1. The molecule has 2 aromatic heterocycles. The van der Waals surface area contributed by atoms with E-state index >= 15 is 0 Å². The predicted molar refractivity (Wildman–Crippen MR) is 155 cm³/mol. The van der Waals surface area contributed by atoms with Gasteiger partial charge >= 0.3 is 0 Å². The number of thiophene rings is 1. The summed E-state index contributed by atoms with van der Waals surface area (Å²) in [4.78, 5) is 29.9. The van der Waals surface area contributed by atoms with Gasteiger partial charge in [-0.2, -0.15) is 5.10 Å². The number of morpholine rings is 1. The van der Waals surface area contributed by atoms with Crippen LogP contribution in [0.4, 0.5) is 0 Å². The Morgan fingerprint density at radius 1 is 1.05 bits per heavy atom. The van der Waals surface area contributed by atoms with E-state index in [1.807, 2.05) is 67.9 Å². The van der Waals surface area contributed by atoms with E-state index in [4.69, 9.17) is 33.0 Å². The topological polar surface area (TPSA) is 76.5 Å². The third-order valence-electron chi connectivity index (χ3n) is 6.18. The molecule has 0 spiro atoms. The number of hydrogen-bond donors (Lipinski definition) is 1. The van der Waals surface area contributed by atoms with Gasteiger partial charge in [0.25, 0.3) is 11.8 Å². The van der Waals surface area contributed by atoms with E-state index in [0.717, 1.165) is 10.6 Å². The molecule has 2 atom stereocenters. The summed E-state index contributed by atoms with van der Waals surface area (Å²) in [6.45, 7) is 4.65. The fraction of sp³-hybridized carbons (Fsp3) is 0.207. The van der Waals surface area contributed by atoms with Gasteiger partial charge in [0.2, 0.25) is 0 Å². The molecule has 1 saturated heterocycles. The molecular formula is C29H26Cl2N4O3S. The van der Waals surface area contributed by atoms with Crippen LogP contribution in [0.1, 0.15) is 29.8 Å². The van der Waals surface area contributed by atoms with Crippen molar-refractivity contribution in [3.8, 4) is 16.3 Å². The number of nitrogens with one attached hydrogen (secondary N) is 1. The summed E-state index contributed by atoms with van der Waals surface area (Å²) in [6.07, 6.45) is 3.26. The summed E-state index contributed by atoms with van der Waals surface area (Å²) in [5.74, 6) is -0.834. The molecule has 200 valence electrons. The van der Waals surface area contributed by atoms with Gasteiger partial charge in [-0.05, 0) is 61.7 Å². The van der Waals surface area contributed by atoms with Gasteiger partial charge in [-0.1, -0.05) is 47.5 Å². The number of carbonyl (C=O) groups is 2. The molecule has 0 unspecified atom stereocenters. The molecule has 1 fully saturated rings. The van der Waals surface area contributed by atoms with E-state index < -0.39 is 5.91 Å². The van der Waals surface area contributed by atoms with Crippen LogP contribution in [0.15, 0.2) is 77.9 Å². The number of rotatable bonds is 6. The lowest BCUT2D eigenvalue weighted by molar-refractivity contribution is -0.139. The van der Waals surface area contributed by atoms with Crippen LogP contribution in [0.3, 0.4) is 0 Å². The van der Waals surface area contributed by atoms with Crippen LogP contribution in [0.25, 0.3) is 22.3 Å². The van der Waals surface area contributed by atoms with Crippen LogP contribution in [0.5, 0.6) is 0 Å². The van der Waals surface area contributed by atoms with Gasteiger partial charge in [0, 0.05) is 29.9 Å². The Kier molecular flexibility index (Phi) is 8.18. The molecule has 10 heteroatoms. The molecule has 0 saturated carbocycles. The third-order valence-corrected chi connectivity index (χ3v) is 7.60. The molecule has 3 heterocycles. The Labute approximate surface area is 240 Å². The van der Waals surface area contributed by atoms with Gasteiger partial charge < -0.3 is 15.0 Å². The molecule has 4 aromatic rings. The summed E-state index contributed by atoms with van der Waals surface area (Å²) in [7, 11) is 0. The quantitative estimate of drug-likeness (QED) is 0.271. The average Bonchev–Trinajstić information content (AvgIpc) is 3.58. The van der Waals surface area contributed by atoms with Gasteiger partial charge in [-0.15, -0.1) is 11.3 Å². The molecular weight excluding hydrogens is 555 g/mol. The van der Waals surface area contributed by atoms with Gasteiger partial charge in [0.05, 0.1) is 33.4 Å². The first-order chi connectivity index (χ1) is 18.8. The maximum Gasteiger partial charge on any atom is 0.270 e. The fourth-order valence-corrected chi connectivity index (χ4v) is 5.72. The summed E-state index contributed by atoms with van der Waals surface area (Å²) in [6, 6.07) is 18.2. The number of para-hydroxylation sites is 1. The van der Waals surface area contributed by atoms with Gasteiger partial charge in [-0.3, -0.25) is 9.59 Å². The lowest BCUT2D eigenvalue weighted by Gasteiger charge is -2.35. The van der Waals surface area contributed by atoms with Crippen molar-refractivity contribution < 1.29 is 14.3 Å². The van der Waals surface area contributed by atoms with Crippen molar-refractivity contribution in [3.63, 3.8) is 0 Å². The highest BCUT2D eigenvalue weighted by Crippen LogP contribution is 2.30. The minimum absolute atomic E-state index is 0.109. The Hall–Kier alpha value is -3.43. The van der Waals surface area contributed by atoms with Crippen LogP contribution < -0.4 is 5.32 Å². The molecule has 1 aliphatic rings. The highest BCUT2D eigenvalue weighted by molar-refractivity contribution is 7.13. The number of aromatic nitrogens is 2. The minimum atomic E-state index is -0.515. The standard InChI is InChI=1S/C29H26Cl2N4O3S/c1-18-15-34(16-19(2)38-18)29(37)25(32-28(36)23-11-10-21(30)14-24(23)31)13-20-17-35(22-7-4-3-5-8-22)33-27(20)26-9-6-12-39-26/h3-14,17-19H,15-16H2,1-2H3,(H,32,36)/b25-13-/t18-,19-/m1/s1. The monoisotopic (exact) mass is 580 g/mol. The number of amides is 2. The number of nitrogens with zero attached hydrogens (tertiary/aromatic N) is 3. The smallest absolute Gasteiger partial charge is 0.270 e. The molecule has 1 N–H and O–H groups in total. The summed E-state index contributed by atoms with van der Waals surface area (Å²) in [5, 5.41) is 10.2. The van der Waals surface area contributed by atoms with Crippen LogP contribution in [0, 0.1) is 0 Å². The van der Waals surface area contributed by atoms with Crippen molar-refractivity contribution in [2.45, 2.75) is 26.1 Å². The van der Waals surface area contributed by atoms with Crippen LogP contribution >= 0.6 is 34.5 Å². The van der Waals surface area contributed by atoms with E-state index in [0.29, 0.717) is 29.4 Å². The zero-order chi connectivity index (χ0) is 27.5. The first kappa shape index (κ1) is 27.1. The molecule has 2 amide bonds. The molecule has 5 rings (SSSR count). The van der Waals surface area contributed by atoms with Gasteiger partial charge in [0.1, 0.15) is 11.4 Å². The summed E-state index contributed by atoms with van der Waals surface area (Å²) >= 11 is 13.9. The maximum absolute atomic E-state index is 13.9. The van der Waals surface area contributed by atoms with E-state index in [2.05, 4.69) is 5.32 Å². The Bertz CT molecular complexity index is 1510. The number of halogens is 2. The zero-order valence-electron chi connectivity index (χ0n) is 21.3. The normalized spacial score (nSPS) is 17.7. The van der Waals surface area contributed by atoms with Crippen molar-refractivity contribution in [1.82, 2.24) is 20.0 Å². The Morgan fingerprint density at radius 2 is 1.79 bits per heavy atom. The summed E-state index contributed by atoms with van der Waals surface area (Å²) < 4.78 is 7.58. The molecule has 2 aromatic carbocycles. The lowest BCUT2D eigenvalue weighted by Crippen LogP contribution is -2.50. The molecule has 39 heavy (non-hydrogen) atoms. The third kappa shape index (κ3) is 6.25. The first-order valence-corrected chi connectivity index (χ1v) is 14.0. The summed E-state index contributed by atoms with van der Waals surface area (Å²) in [5.41, 5.74) is 2.57. The van der Waals surface area contributed by atoms with Crippen molar-refractivity contribution >= 4 is 52.4 Å². The van der Waals surface area contributed by atoms with Crippen molar-refractivity contribution in [3.05, 3.63) is 99.1 Å². The molecule has 0 radical (unpaired) electrons. The molecule has 1 aliphatic heterocycles. The average molecular weight is 582 g/mol. The second kappa shape index (κ2) is 11.8. The second-order valence-corrected chi connectivity index (χ2v) is 11.1. The number of ether oxygens (including phenoxy) is 1. The van der Waals surface area contributed by atoms with Gasteiger partial charge in [0.15, 0.2) is 0 Å². The van der Waals surface area contributed by atoms with E-state index in [1.165, 1.54) is 12.1 Å². The molecule has 7 nitrogen and oxygen atoms in total. The first-order valence-electron chi connectivity index (χ1n) is 12.4. The van der Waals surface area contributed by atoms with Crippen molar-refractivity contribution in [1.29, 1.82) is 0 Å². The SMILES string of the molecule is C[C@@H]1CN(C(=O)/C(=C/c2cn(-c3ccccc3)nc2-c2cccs2)NC(=O)c2ccc(Cl)cc2Cl)C[C@@H](C)O1. The Morgan fingerprint density at radius 3 is 2.46 bits per heavy atom. The van der Waals surface area contributed by atoms with E-state index in [9.17, 15) is 9.59 Å². The minimum Gasteiger partial charge on any atom is -0.372 e. The molecule has 0 bridgehead atoms. The number of benzene rings is 2. The zero-order valence-corrected chi connectivity index (χ0v) is 23.6. The van der Waals surface area contributed by atoms with E-state index in [1.54, 1.807) is 33.1 Å². The second-order valence-electron chi connectivity index (χ2n) is 9.29. The van der Waals surface area contributed by atoms with Gasteiger partial charge in [-0.25, -0.2) is 4.68 Å².